The summed E-state index contributed by atoms with van der Waals surface area (Å²) in [5.74, 6) is 0.822. The maximum atomic E-state index is 12.6. The lowest BCUT2D eigenvalue weighted by molar-refractivity contribution is -0.118. The minimum absolute atomic E-state index is 0.00266. The molecule has 0 bridgehead atoms. The molecular weight excluding hydrogens is 438 g/mol. The summed E-state index contributed by atoms with van der Waals surface area (Å²) in [5.41, 5.74) is 2.37. The molecule has 0 unspecified atom stereocenters. The number of carbonyl (C=O) groups excluding carboxylic acids is 1. The van der Waals surface area contributed by atoms with E-state index in [1.54, 1.807) is 28.9 Å². The quantitative estimate of drug-likeness (QED) is 0.604. The zero-order valence-electron chi connectivity index (χ0n) is 16.9. The molecule has 2 aromatic carbocycles. The third-order valence-corrected chi connectivity index (χ3v) is 7.15. The van der Waals surface area contributed by atoms with Crippen LogP contribution in [0, 0.1) is 6.92 Å². The van der Waals surface area contributed by atoms with Gasteiger partial charge < -0.3 is 10.1 Å². The normalized spacial score (nSPS) is 17.4. The van der Waals surface area contributed by atoms with E-state index < -0.39 is 9.84 Å². The van der Waals surface area contributed by atoms with Crippen LogP contribution in [0.25, 0.3) is 11.3 Å². The van der Waals surface area contributed by atoms with E-state index in [4.69, 9.17) is 16.3 Å². The van der Waals surface area contributed by atoms with E-state index in [0.29, 0.717) is 28.7 Å². The number of hydrogen-bond acceptors (Lipinski definition) is 5. The maximum Gasteiger partial charge on any atom is 0.263 e. The lowest BCUT2D eigenvalue weighted by Crippen LogP contribution is -2.24. The Bertz CT molecular complexity index is 1210. The number of hydrogen-bond donors (Lipinski definition) is 1. The Hall–Kier alpha value is -2.84. The van der Waals surface area contributed by atoms with Crippen molar-refractivity contribution in [2.24, 2.45) is 0 Å². The third kappa shape index (κ3) is 5.08. The van der Waals surface area contributed by atoms with Crippen molar-refractivity contribution < 1.29 is 17.9 Å². The summed E-state index contributed by atoms with van der Waals surface area (Å²) in [5, 5.41) is 8.02. The van der Waals surface area contributed by atoms with Gasteiger partial charge in [0.15, 0.2) is 16.4 Å². The molecule has 1 fully saturated rings. The highest BCUT2D eigenvalue weighted by atomic mass is 35.5. The molecule has 31 heavy (non-hydrogen) atoms. The number of carbonyl (C=O) groups is 1. The largest absolute Gasteiger partial charge is 0.483 e. The summed E-state index contributed by atoms with van der Waals surface area (Å²) < 4.78 is 31.2. The summed E-state index contributed by atoms with van der Waals surface area (Å²) >= 11 is 5.97. The summed E-state index contributed by atoms with van der Waals surface area (Å²) in [6, 6.07) is 16.0. The first-order chi connectivity index (χ1) is 14.8. The SMILES string of the molecule is Cc1ccccc1OCC(=O)Nc1cc(-c2ccc(Cl)cc2)nn1[C@H]1CCS(=O)(=O)C1. The van der Waals surface area contributed by atoms with Gasteiger partial charge in [-0.05, 0) is 37.1 Å². The number of nitrogens with zero attached hydrogens (tertiary/aromatic N) is 2. The third-order valence-electron chi connectivity index (χ3n) is 5.15. The fraction of sp³-hybridized carbons (Fsp3) is 0.273. The Morgan fingerprint density at radius 3 is 2.65 bits per heavy atom. The molecular formula is C22H22ClN3O4S. The number of anilines is 1. The van der Waals surface area contributed by atoms with Gasteiger partial charge in [0.2, 0.25) is 0 Å². The van der Waals surface area contributed by atoms with Crippen molar-refractivity contribution in [2.75, 3.05) is 23.4 Å². The molecule has 0 saturated carbocycles. The highest BCUT2D eigenvalue weighted by Crippen LogP contribution is 2.30. The van der Waals surface area contributed by atoms with Crippen LogP contribution < -0.4 is 10.1 Å². The van der Waals surface area contributed by atoms with Crippen molar-refractivity contribution >= 4 is 33.2 Å². The van der Waals surface area contributed by atoms with Crippen LogP contribution in [-0.2, 0) is 14.6 Å². The number of rotatable bonds is 6. The van der Waals surface area contributed by atoms with Crippen LogP contribution in [0.2, 0.25) is 5.02 Å². The predicted octanol–water partition coefficient (Wildman–Crippen LogP) is 3.89. The predicted molar refractivity (Wildman–Crippen MR) is 120 cm³/mol. The Balaban J connectivity index is 1.56. The molecule has 0 aliphatic carbocycles. The second kappa shape index (κ2) is 8.72. The van der Waals surface area contributed by atoms with E-state index in [-0.39, 0.29) is 30.1 Å². The monoisotopic (exact) mass is 459 g/mol. The van der Waals surface area contributed by atoms with Crippen LogP contribution in [0.1, 0.15) is 18.0 Å². The van der Waals surface area contributed by atoms with E-state index in [1.165, 1.54) is 0 Å². The van der Waals surface area contributed by atoms with Crippen molar-refractivity contribution in [2.45, 2.75) is 19.4 Å². The number of benzene rings is 2. The number of para-hydroxylation sites is 1. The lowest BCUT2D eigenvalue weighted by atomic mass is 10.1. The first-order valence-corrected chi connectivity index (χ1v) is 12.0. The van der Waals surface area contributed by atoms with E-state index in [0.717, 1.165) is 11.1 Å². The second-order valence-electron chi connectivity index (χ2n) is 7.53. The van der Waals surface area contributed by atoms with Crippen molar-refractivity contribution in [1.82, 2.24) is 9.78 Å². The zero-order chi connectivity index (χ0) is 22.0. The van der Waals surface area contributed by atoms with Crippen LogP contribution in [0.4, 0.5) is 5.82 Å². The van der Waals surface area contributed by atoms with E-state index >= 15 is 0 Å². The van der Waals surface area contributed by atoms with E-state index in [2.05, 4.69) is 10.4 Å². The molecule has 4 rings (SSSR count). The molecule has 1 aromatic heterocycles. The van der Waals surface area contributed by atoms with E-state index in [1.807, 2.05) is 37.3 Å². The van der Waals surface area contributed by atoms with Crippen LogP contribution in [0.3, 0.4) is 0 Å². The van der Waals surface area contributed by atoms with Gasteiger partial charge in [0.1, 0.15) is 11.6 Å². The van der Waals surface area contributed by atoms with Gasteiger partial charge in [0.05, 0.1) is 23.2 Å². The maximum absolute atomic E-state index is 12.6. The van der Waals surface area contributed by atoms with Crippen molar-refractivity contribution in [3.63, 3.8) is 0 Å². The second-order valence-corrected chi connectivity index (χ2v) is 10.2. The molecule has 162 valence electrons. The first kappa shape index (κ1) is 21.4. The minimum Gasteiger partial charge on any atom is -0.483 e. The average molecular weight is 460 g/mol. The highest BCUT2D eigenvalue weighted by Gasteiger charge is 2.31. The summed E-state index contributed by atoms with van der Waals surface area (Å²) in [7, 11) is -3.12. The van der Waals surface area contributed by atoms with Crippen molar-refractivity contribution in [3.05, 3.63) is 65.2 Å². The van der Waals surface area contributed by atoms with Crippen LogP contribution >= 0.6 is 11.6 Å². The first-order valence-electron chi connectivity index (χ1n) is 9.85. The molecule has 1 aliphatic heterocycles. The van der Waals surface area contributed by atoms with Gasteiger partial charge in [0.25, 0.3) is 5.91 Å². The number of aryl methyl sites for hydroxylation is 1. The van der Waals surface area contributed by atoms with Gasteiger partial charge in [-0.2, -0.15) is 5.10 Å². The number of sulfone groups is 1. The molecule has 1 amide bonds. The standard InChI is InChI=1S/C22H22ClN3O4S/c1-15-4-2-3-5-20(15)30-13-22(27)24-21-12-19(16-6-8-17(23)9-7-16)25-26(21)18-10-11-31(28,29)14-18/h2-9,12,18H,10-11,13-14H2,1H3,(H,24,27)/t18-/m0/s1. The average Bonchev–Trinajstić information content (AvgIpc) is 3.30. The number of aromatic nitrogens is 2. The Labute approximate surface area is 185 Å². The molecule has 3 aromatic rings. The van der Waals surface area contributed by atoms with E-state index in [9.17, 15) is 13.2 Å². The smallest absolute Gasteiger partial charge is 0.263 e. The molecule has 1 saturated heterocycles. The molecule has 7 nitrogen and oxygen atoms in total. The number of nitrogens with one attached hydrogen (secondary N) is 1. The van der Waals surface area contributed by atoms with Crippen LogP contribution in [0.5, 0.6) is 5.75 Å². The van der Waals surface area contributed by atoms with Gasteiger partial charge in [-0.1, -0.05) is 41.9 Å². The molecule has 0 spiro atoms. The number of ether oxygens (including phenoxy) is 1. The van der Waals surface area contributed by atoms with Gasteiger partial charge in [0, 0.05) is 16.7 Å². The summed E-state index contributed by atoms with van der Waals surface area (Å²) in [6.07, 6.45) is 0.451. The van der Waals surface area contributed by atoms with Gasteiger partial charge in [-0.25, -0.2) is 13.1 Å². The fourth-order valence-electron chi connectivity index (χ4n) is 3.54. The van der Waals surface area contributed by atoms with Crippen LogP contribution in [0.15, 0.2) is 54.6 Å². The van der Waals surface area contributed by atoms with Gasteiger partial charge in [-0.15, -0.1) is 0 Å². The lowest BCUT2D eigenvalue weighted by Gasteiger charge is -2.14. The Morgan fingerprint density at radius 1 is 1.23 bits per heavy atom. The molecule has 0 radical (unpaired) electrons. The number of amides is 1. The molecule has 9 heteroatoms. The molecule has 1 N–H and O–H groups in total. The minimum atomic E-state index is -3.12. The van der Waals surface area contributed by atoms with Crippen molar-refractivity contribution in [1.29, 1.82) is 0 Å². The number of halogens is 1. The Morgan fingerprint density at radius 2 is 1.97 bits per heavy atom. The van der Waals surface area contributed by atoms with Gasteiger partial charge in [-0.3, -0.25) is 4.79 Å². The van der Waals surface area contributed by atoms with Crippen molar-refractivity contribution in [3.8, 4) is 17.0 Å². The summed E-state index contributed by atoms with van der Waals surface area (Å²) in [4.78, 5) is 12.6. The zero-order valence-corrected chi connectivity index (χ0v) is 18.5. The molecule has 2 heterocycles. The topological polar surface area (TPSA) is 90.3 Å². The highest BCUT2D eigenvalue weighted by molar-refractivity contribution is 7.91. The summed E-state index contributed by atoms with van der Waals surface area (Å²) in [6.45, 7) is 1.73. The molecule has 1 atom stereocenters. The molecule has 1 aliphatic rings. The Kier molecular flexibility index (Phi) is 6.02. The van der Waals surface area contributed by atoms with Crippen LogP contribution in [-0.4, -0.2) is 42.2 Å². The van der Waals surface area contributed by atoms with Gasteiger partial charge >= 0.3 is 0 Å². The fourth-order valence-corrected chi connectivity index (χ4v) is 5.35.